The van der Waals surface area contributed by atoms with Gasteiger partial charge in [0.2, 0.25) is 5.91 Å². The average molecular weight is 183 g/mol. The van der Waals surface area contributed by atoms with Gasteiger partial charge in [-0.15, -0.1) is 0 Å². The number of aromatic nitrogens is 1. The van der Waals surface area contributed by atoms with E-state index in [1.54, 1.807) is 0 Å². The lowest BCUT2D eigenvalue weighted by Gasteiger charge is -2.00. The molecule has 0 saturated carbocycles. The molecule has 0 aromatic carbocycles. The van der Waals surface area contributed by atoms with E-state index in [0.717, 1.165) is 0 Å². The van der Waals surface area contributed by atoms with Gasteiger partial charge in [0, 0.05) is 7.05 Å². The van der Waals surface area contributed by atoms with Crippen LogP contribution in [-0.2, 0) is 4.79 Å². The zero-order valence-corrected chi connectivity index (χ0v) is 7.03. The summed E-state index contributed by atoms with van der Waals surface area (Å²) in [6, 6.07) is 0. The molecule has 1 aromatic heterocycles. The zero-order valence-electron chi connectivity index (χ0n) is 7.03. The highest BCUT2D eigenvalue weighted by molar-refractivity contribution is 5.95. The van der Waals surface area contributed by atoms with Crippen LogP contribution in [0, 0.1) is 0 Å². The molecule has 0 fully saturated rings. The first kappa shape index (κ1) is 9.24. The second-order valence-electron chi connectivity index (χ2n) is 2.27. The fourth-order valence-electron chi connectivity index (χ4n) is 0.668. The van der Waals surface area contributed by atoms with Crippen LogP contribution in [0.2, 0.25) is 0 Å². The van der Waals surface area contributed by atoms with Gasteiger partial charge in [0.05, 0.1) is 18.3 Å². The van der Waals surface area contributed by atoms with Crippen molar-refractivity contribution in [3.8, 4) is 0 Å². The highest BCUT2D eigenvalue weighted by Gasteiger charge is 2.08. The fourth-order valence-corrected chi connectivity index (χ4v) is 0.668. The number of carbonyl (C=O) groups excluding carboxylic acids is 2. The highest BCUT2D eigenvalue weighted by Crippen LogP contribution is 1.94. The summed E-state index contributed by atoms with van der Waals surface area (Å²) in [6.45, 7) is -0.0550. The summed E-state index contributed by atoms with van der Waals surface area (Å²) in [5.41, 5.74) is 0.295. The molecular weight excluding hydrogens is 174 g/mol. The van der Waals surface area contributed by atoms with Gasteiger partial charge in [-0.1, -0.05) is 5.16 Å². The van der Waals surface area contributed by atoms with Crippen molar-refractivity contribution in [1.82, 2.24) is 15.8 Å². The SMILES string of the molecule is CNC(=O)CNC(=O)c1cnoc1. The van der Waals surface area contributed by atoms with Gasteiger partial charge in [0.15, 0.2) is 0 Å². The number of likely N-dealkylation sites (N-methyl/N-ethyl adjacent to an activating group) is 1. The van der Waals surface area contributed by atoms with Crippen molar-refractivity contribution in [3.05, 3.63) is 18.0 Å². The van der Waals surface area contributed by atoms with E-state index in [-0.39, 0.29) is 18.4 Å². The van der Waals surface area contributed by atoms with Gasteiger partial charge in [-0.05, 0) is 0 Å². The van der Waals surface area contributed by atoms with Crippen LogP contribution in [0.1, 0.15) is 10.4 Å². The summed E-state index contributed by atoms with van der Waals surface area (Å²) in [7, 11) is 1.49. The van der Waals surface area contributed by atoms with E-state index in [9.17, 15) is 9.59 Å². The van der Waals surface area contributed by atoms with Gasteiger partial charge in [-0.25, -0.2) is 0 Å². The van der Waals surface area contributed by atoms with Gasteiger partial charge in [-0.3, -0.25) is 9.59 Å². The number of hydrogen-bond acceptors (Lipinski definition) is 4. The number of carbonyl (C=O) groups is 2. The third-order valence-corrected chi connectivity index (χ3v) is 1.38. The second-order valence-corrected chi connectivity index (χ2v) is 2.27. The first-order chi connectivity index (χ1) is 6.24. The first-order valence-corrected chi connectivity index (χ1v) is 3.62. The molecule has 1 rings (SSSR count). The van der Waals surface area contributed by atoms with Crippen LogP contribution < -0.4 is 10.6 Å². The van der Waals surface area contributed by atoms with Crippen molar-refractivity contribution in [2.75, 3.05) is 13.6 Å². The monoisotopic (exact) mass is 183 g/mol. The summed E-state index contributed by atoms with van der Waals surface area (Å²) < 4.78 is 4.46. The van der Waals surface area contributed by atoms with Gasteiger partial charge in [0.25, 0.3) is 5.91 Å². The van der Waals surface area contributed by atoms with Gasteiger partial charge in [0.1, 0.15) is 6.26 Å². The standard InChI is InChI=1S/C7H9N3O3/c1-8-6(11)3-9-7(12)5-2-10-13-4-5/h2,4H,3H2,1H3,(H,8,11)(H,9,12). The van der Waals surface area contributed by atoms with Gasteiger partial charge >= 0.3 is 0 Å². The molecule has 0 radical (unpaired) electrons. The summed E-state index contributed by atoms with van der Waals surface area (Å²) in [6.07, 6.45) is 2.48. The van der Waals surface area contributed by atoms with Gasteiger partial charge < -0.3 is 15.2 Å². The van der Waals surface area contributed by atoms with Crippen molar-refractivity contribution in [3.63, 3.8) is 0 Å². The number of nitrogens with zero attached hydrogens (tertiary/aromatic N) is 1. The molecule has 13 heavy (non-hydrogen) atoms. The van der Waals surface area contributed by atoms with Crippen molar-refractivity contribution < 1.29 is 14.1 Å². The second kappa shape index (κ2) is 4.24. The minimum Gasteiger partial charge on any atom is -0.364 e. The molecular formula is C7H9N3O3. The van der Waals surface area contributed by atoms with Crippen LogP contribution in [0.15, 0.2) is 17.0 Å². The molecule has 6 nitrogen and oxygen atoms in total. The number of rotatable bonds is 3. The Labute approximate surface area is 74.3 Å². The largest absolute Gasteiger partial charge is 0.364 e. The van der Waals surface area contributed by atoms with Crippen molar-refractivity contribution in [1.29, 1.82) is 0 Å². The third kappa shape index (κ3) is 2.58. The maximum absolute atomic E-state index is 11.1. The molecule has 0 aliphatic carbocycles. The lowest BCUT2D eigenvalue weighted by atomic mass is 10.3. The van der Waals surface area contributed by atoms with Crippen molar-refractivity contribution in [2.45, 2.75) is 0 Å². The Morgan fingerprint density at radius 1 is 1.62 bits per heavy atom. The molecule has 0 spiro atoms. The Hall–Kier alpha value is -1.85. The Kier molecular flexibility index (Phi) is 3.02. The van der Waals surface area contributed by atoms with E-state index < -0.39 is 0 Å². The van der Waals surface area contributed by atoms with E-state index in [1.165, 1.54) is 19.5 Å². The van der Waals surface area contributed by atoms with Crippen LogP contribution in [-0.4, -0.2) is 30.6 Å². The Balaban J connectivity index is 2.39. The molecule has 0 bridgehead atoms. The van der Waals surface area contributed by atoms with Crippen molar-refractivity contribution >= 4 is 11.8 Å². The summed E-state index contributed by atoms with van der Waals surface area (Å²) in [5, 5.41) is 8.11. The smallest absolute Gasteiger partial charge is 0.256 e. The maximum atomic E-state index is 11.1. The van der Waals surface area contributed by atoms with Gasteiger partial charge in [-0.2, -0.15) is 0 Å². The lowest BCUT2D eigenvalue weighted by molar-refractivity contribution is -0.119. The van der Waals surface area contributed by atoms with E-state index in [0.29, 0.717) is 5.56 Å². The molecule has 1 heterocycles. The molecule has 70 valence electrons. The van der Waals surface area contributed by atoms with Crippen LogP contribution in [0.25, 0.3) is 0 Å². The number of hydrogen-bond donors (Lipinski definition) is 2. The molecule has 2 N–H and O–H groups in total. The summed E-state index contributed by atoms with van der Waals surface area (Å²) >= 11 is 0. The molecule has 0 atom stereocenters. The number of nitrogens with one attached hydrogen (secondary N) is 2. The average Bonchev–Trinajstić information content (AvgIpc) is 2.66. The Bertz CT molecular complexity index is 294. The molecule has 0 aliphatic rings. The first-order valence-electron chi connectivity index (χ1n) is 3.62. The minimum absolute atomic E-state index is 0.0550. The zero-order chi connectivity index (χ0) is 9.68. The minimum atomic E-state index is -0.384. The van der Waals surface area contributed by atoms with E-state index in [4.69, 9.17) is 0 Å². The van der Waals surface area contributed by atoms with E-state index in [1.807, 2.05) is 0 Å². The fraction of sp³-hybridized carbons (Fsp3) is 0.286. The summed E-state index contributed by atoms with van der Waals surface area (Å²) in [4.78, 5) is 21.9. The topological polar surface area (TPSA) is 84.2 Å². The predicted molar refractivity (Wildman–Crippen MR) is 42.9 cm³/mol. The lowest BCUT2D eigenvalue weighted by Crippen LogP contribution is -2.34. The summed E-state index contributed by atoms with van der Waals surface area (Å²) in [5.74, 6) is -0.644. The molecule has 0 aliphatic heterocycles. The van der Waals surface area contributed by atoms with Crippen LogP contribution >= 0.6 is 0 Å². The van der Waals surface area contributed by atoms with Crippen molar-refractivity contribution in [2.24, 2.45) is 0 Å². The molecule has 1 aromatic rings. The third-order valence-electron chi connectivity index (χ3n) is 1.38. The van der Waals surface area contributed by atoms with Crippen LogP contribution in [0.4, 0.5) is 0 Å². The predicted octanol–water partition coefficient (Wildman–Crippen LogP) is -0.850. The molecule has 6 heteroatoms. The van der Waals surface area contributed by atoms with Crippen LogP contribution in [0.3, 0.4) is 0 Å². The van der Waals surface area contributed by atoms with E-state index >= 15 is 0 Å². The molecule has 0 unspecified atom stereocenters. The van der Waals surface area contributed by atoms with Crippen LogP contribution in [0.5, 0.6) is 0 Å². The maximum Gasteiger partial charge on any atom is 0.256 e. The number of amides is 2. The Morgan fingerprint density at radius 3 is 2.92 bits per heavy atom. The highest BCUT2D eigenvalue weighted by atomic mass is 16.5. The Morgan fingerprint density at radius 2 is 2.38 bits per heavy atom. The molecule has 2 amide bonds. The normalized spacial score (nSPS) is 9.31. The molecule has 0 saturated heterocycles. The quantitative estimate of drug-likeness (QED) is 0.639. The van der Waals surface area contributed by atoms with E-state index in [2.05, 4.69) is 20.3 Å².